The molecule has 0 unspecified atom stereocenters. The summed E-state index contributed by atoms with van der Waals surface area (Å²) in [5, 5.41) is 3.37. The lowest BCUT2D eigenvalue weighted by Crippen LogP contribution is -2.11. The van der Waals surface area contributed by atoms with Gasteiger partial charge in [0.1, 0.15) is 5.82 Å². The van der Waals surface area contributed by atoms with E-state index in [9.17, 15) is 9.18 Å². The number of rotatable bonds is 3. The van der Waals surface area contributed by atoms with E-state index in [1.807, 2.05) is 0 Å². The largest absolute Gasteiger partial charge is 0.326 e. The lowest BCUT2D eigenvalue weighted by Gasteiger charge is -2.04. The Bertz CT molecular complexity index is 325. The number of hydrogen-bond acceptors (Lipinski definition) is 1. The minimum Gasteiger partial charge on any atom is -0.326 e. The number of hydrogen-bond donors (Lipinski definition) is 1. The molecule has 1 aromatic rings. The number of anilines is 1. The second-order valence-electron chi connectivity index (χ2n) is 2.65. The van der Waals surface area contributed by atoms with E-state index in [1.54, 1.807) is 0 Å². The first-order valence-corrected chi connectivity index (χ1v) is 5.43. The van der Waals surface area contributed by atoms with Crippen molar-refractivity contribution in [1.29, 1.82) is 0 Å². The number of benzene rings is 1. The third kappa shape index (κ3) is 3.64. The smallest absolute Gasteiger partial charge is 0.225 e. The van der Waals surface area contributed by atoms with Gasteiger partial charge in [-0.15, -0.1) is 0 Å². The molecule has 0 heterocycles. The standard InChI is InChI=1S/C9H8BrClFNO/c10-2-1-9(14)13-8-4-6(11)3-7(12)5-8/h3-5H,1-2H2,(H,13,14). The van der Waals surface area contributed by atoms with E-state index in [1.165, 1.54) is 18.2 Å². The highest BCUT2D eigenvalue weighted by Crippen LogP contribution is 2.18. The fourth-order valence-electron chi connectivity index (χ4n) is 0.935. The van der Waals surface area contributed by atoms with Gasteiger partial charge in [-0.25, -0.2) is 4.39 Å². The maximum absolute atomic E-state index is 12.8. The summed E-state index contributed by atoms with van der Waals surface area (Å²) in [6.07, 6.45) is 0.341. The maximum atomic E-state index is 12.8. The number of nitrogens with one attached hydrogen (secondary N) is 1. The maximum Gasteiger partial charge on any atom is 0.225 e. The van der Waals surface area contributed by atoms with E-state index >= 15 is 0 Å². The van der Waals surface area contributed by atoms with Gasteiger partial charge in [-0.05, 0) is 18.2 Å². The van der Waals surface area contributed by atoms with Crippen molar-refractivity contribution in [1.82, 2.24) is 0 Å². The summed E-state index contributed by atoms with van der Waals surface area (Å²) in [5.41, 5.74) is 0.376. The van der Waals surface area contributed by atoms with E-state index in [-0.39, 0.29) is 10.9 Å². The predicted octanol–water partition coefficient (Wildman–Crippen LogP) is 3.20. The van der Waals surface area contributed by atoms with Crippen LogP contribution in [0, 0.1) is 5.82 Å². The summed E-state index contributed by atoms with van der Waals surface area (Å²) in [7, 11) is 0. The molecule has 0 saturated heterocycles. The van der Waals surface area contributed by atoms with Gasteiger partial charge in [0.2, 0.25) is 5.91 Å². The van der Waals surface area contributed by atoms with Crippen molar-refractivity contribution in [2.75, 3.05) is 10.6 Å². The van der Waals surface area contributed by atoms with Crippen molar-refractivity contribution in [3.63, 3.8) is 0 Å². The predicted molar refractivity (Wildman–Crippen MR) is 58.5 cm³/mol. The quantitative estimate of drug-likeness (QED) is 0.847. The van der Waals surface area contributed by atoms with Crippen molar-refractivity contribution in [3.8, 4) is 0 Å². The van der Waals surface area contributed by atoms with E-state index < -0.39 is 5.82 Å². The molecule has 0 aliphatic heterocycles. The van der Waals surface area contributed by atoms with Gasteiger partial charge >= 0.3 is 0 Å². The Hall–Kier alpha value is -0.610. The Morgan fingerprint density at radius 2 is 2.21 bits per heavy atom. The van der Waals surface area contributed by atoms with Gasteiger partial charge in [0.05, 0.1) is 0 Å². The summed E-state index contributed by atoms with van der Waals surface area (Å²) < 4.78 is 12.8. The molecule has 0 aromatic heterocycles. The molecule has 0 fully saturated rings. The Morgan fingerprint density at radius 1 is 1.50 bits per heavy atom. The molecule has 0 spiro atoms. The topological polar surface area (TPSA) is 29.1 Å². The van der Waals surface area contributed by atoms with Gasteiger partial charge in [0, 0.05) is 22.5 Å². The Labute approximate surface area is 94.6 Å². The second-order valence-corrected chi connectivity index (χ2v) is 3.87. The molecule has 14 heavy (non-hydrogen) atoms. The van der Waals surface area contributed by atoms with E-state index in [2.05, 4.69) is 21.2 Å². The van der Waals surface area contributed by atoms with Crippen LogP contribution in [0.2, 0.25) is 5.02 Å². The van der Waals surface area contributed by atoms with Crippen molar-refractivity contribution in [2.24, 2.45) is 0 Å². The summed E-state index contributed by atoms with van der Waals surface area (Å²) in [5.74, 6) is -0.643. The summed E-state index contributed by atoms with van der Waals surface area (Å²) in [6.45, 7) is 0. The molecule has 0 bridgehead atoms. The van der Waals surface area contributed by atoms with E-state index in [0.717, 1.165) is 0 Å². The zero-order valence-corrected chi connectivity index (χ0v) is 9.53. The molecule has 1 aromatic carbocycles. The third-order valence-corrected chi connectivity index (χ3v) is 2.08. The molecule has 1 N–H and O–H groups in total. The SMILES string of the molecule is O=C(CCBr)Nc1cc(F)cc(Cl)c1. The van der Waals surface area contributed by atoms with Crippen molar-refractivity contribution >= 4 is 39.1 Å². The van der Waals surface area contributed by atoms with Crippen LogP contribution in [0.15, 0.2) is 18.2 Å². The monoisotopic (exact) mass is 279 g/mol. The molecular weight excluding hydrogens is 272 g/mol. The summed E-state index contributed by atoms with van der Waals surface area (Å²) in [4.78, 5) is 11.1. The Morgan fingerprint density at radius 3 is 2.79 bits per heavy atom. The van der Waals surface area contributed by atoms with Gasteiger partial charge in [-0.2, -0.15) is 0 Å². The summed E-state index contributed by atoms with van der Waals surface area (Å²) >= 11 is 8.74. The van der Waals surface area contributed by atoms with Crippen molar-refractivity contribution < 1.29 is 9.18 Å². The molecule has 2 nitrogen and oxygen atoms in total. The van der Waals surface area contributed by atoms with E-state index in [4.69, 9.17) is 11.6 Å². The average Bonchev–Trinajstić information content (AvgIpc) is 2.01. The van der Waals surface area contributed by atoms with Crippen LogP contribution in [-0.2, 0) is 4.79 Å². The van der Waals surface area contributed by atoms with Gasteiger partial charge in [0.25, 0.3) is 0 Å². The molecular formula is C9H8BrClFNO. The zero-order valence-electron chi connectivity index (χ0n) is 7.19. The van der Waals surface area contributed by atoms with Crippen LogP contribution in [0.4, 0.5) is 10.1 Å². The molecule has 0 aliphatic carbocycles. The van der Waals surface area contributed by atoms with Gasteiger partial charge in [-0.1, -0.05) is 27.5 Å². The zero-order chi connectivity index (χ0) is 10.6. The molecule has 0 atom stereocenters. The highest BCUT2D eigenvalue weighted by molar-refractivity contribution is 9.09. The number of carbonyl (C=O) groups is 1. The molecule has 0 saturated carbocycles. The lowest BCUT2D eigenvalue weighted by atomic mass is 10.3. The summed E-state index contributed by atoms with van der Waals surface area (Å²) in [6, 6.07) is 3.90. The van der Waals surface area contributed by atoms with Crippen LogP contribution in [0.25, 0.3) is 0 Å². The van der Waals surface area contributed by atoms with Crippen LogP contribution < -0.4 is 5.32 Å². The first-order chi connectivity index (χ1) is 6.61. The number of amides is 1. The average molecular weight is 281 g/mol. The van der Waals surface area contributed by atoms with E-state index in [0.29, 0.717) is 17.4 Å². The van der Waals surface area contributed by atoms with Crippen LogP contribution in [0.3, 0.4) is 0 Å². The highest BCUT2D eigenvalue weighted by atomic mass is 79.9. The normalized spacial score (nSPS) is 9.93. The van der Waals surface area contributed by atoms with Crippen LogP contribution in [0.5, 0.6) is 0 Å². The minimum atomic E-state index is -0.466. The lowest BCUT2D eigenvalue weighted by molar-refractivity contribution is -0.115. The Balaban J connectivity index is 2.71. The molecule has 0 aliphatic rings. The number of carbonyl (C=O) groups excluding carboxylic acids is 1. The first-order valence-electron chi connectivity index (χ1n) is 3.93. The van der Waals surface area contributed by atoms with Crippen LogP contribution in [-0.4, -0.2) is 11.2 Å². The molecule has 1 rings (SSSR count). The number of halogens is 3. The molecule has 0 radical (unpaired) electrons. The van der Waals surface area contributed by atoms with Crippen LogP contribution in [0.1, 0.15) is 6.42 Å². The highest BCUT2D eigenvalue weighted by Gasteiger charge is 2.03. The third-order valence-electron chi connectivity index (χ3n) is 1.47. The first kappa shape index (κ1) is 11.5. The Kier molecular flexibility index (Phi) is 4.35. The van der Waals surface area contributed by atoms with Crippen LogP contribution >= 0.6 is 27.5 Å². The van der Waals surface area contributed by atoms with Gasteiger partial charge in [-0.3, -0.25) is 4.79 Å². The van der Waals surface area contributed by atoms with Gasteiger partial charge in [0.15, 0.2) is 0 Å². The molecule has 1 amide bonds. The molecule has 76 valence electrons. The number of alkyl halides is 1. The second kappa shape index (κ2) is 5.32. The fourth-order valence-corrected chi connectivity index (χ4v) is 1.52. The van der Waals surface area contributed by atoms with Gasteiger partial charge < -0.3 is 5.32 Å². The molecule has 5 heteroatoms. The minimum absolute atomic E-state index is 0.177. The fraction of sp³-hybridized carbons (Fsp3) is 0.222. The van der Waals surface area contributed by atoms with Crippen molar-refractivity contribution in [3.05, 3.63) is 29.0 Å². The van der Waals surface area contributed by atoms with Crippen molar-refractivity contribution in [2.45, 2.75) is 6.42 Å².